The molecule has 1 aromatic rings. The average molecular weight is 240 g/mol. The van der Waals surface area contributed by atoms with E-state index in [-0.39, 0.29) is 5.54 Å². The smallest absolute Gasteiger partial charge is 0.112 e. The molecule has 2 nitrogen and oxygen atoms in total. The molecule has 0 aromatic carbocycles. The Morgan fingerprint density at radius 2 is 2.00 bits per heavy atom. The highest BCUT2D eigenvalue weighted by Gasteiger charge is 2.24. The van der Waals surface area contributed by atoms with Crippen LogP contribution < -0.4 is 5.32 Å². The molecule has 0 fully saturated rings. The van der Waals surface area contributed by atoms with E-state index in [0.29, 0.717) is 6.04 Å². The minimum absolute atomic E-state index is 0.00936. The van der Waals surface area contributed by atoms with Crippen LogP contribution >= 0.6 is 11.3 Å². The highest BCUT2D eigenvalue weighted by atomic mass is 32.1. The van der Waals surface area contributed by atoms with Gasteiger partial charge in [0.25, 0.3) is 0 Å². The van der Waals surface area contributed by atoms with Gasteiger partial charge in [-0.2, -0.15) is 0 Å². The lowest BCUT2D eigenvalue weighted by Gasteiger charge is -2.28. The summed E-state index contributed by atoms with van der Waals surface area (Å²) in [5.74, 6) is 0.784. The van der Waals surface area contributed by atoms with Crippen molar-refractivity contribution in [3.8, 4) is 0 Å². The zero-order chi connectivity index (χ0) is 12.2. The van der Waals surface area contributed by atoms with Gasteiger partial charge in [-0.1, -0.05) is 13.8 Å². The molecule has 1 unspecified atom stereocenters. The van der Waals surface area contributed by atoms with Crippen molar-refractivity contribution < 1.29 is 0 Å². The summed E-state index contributed by atoms with van der Waals surface area (Å²) < 4.78 is 0. The zero-order valence-electron chi connectivity index (χ0n) is 11.1. The Balaban J connectivity index is 2.46. The molecule has 92 valence electrons. The molecule has 0 aliphatic heterocycles. The molecule has 0 aliphatic rings. The highest BCUT2D eigenvalue weighted by molar-refractivity contribution is 7.09. The van der Waals surface area contributed by atoms with Crippen molar-refractivity contribution in [1.82, 2.24) is 10.3 Å². The molecule has 0 spiro atoms. The first kappa shape index (κ1) is 13.7. The van der Waals surface area contributed by atoms with Crippen LogP contribution in [0.2, 0.25) is 0 Å². The summed E-state index contributed by atoms with van der Waals surface area (Å²) in [5.41, 5.74) is -0.00936. The maximum absolute atomic E-state index is 4.39. The number of hydrogen-bond donors (Lipinski definition) is 1. The van der Waals surface area contributed by atoms with Crippen LogP contribution in [-0.2, 0) is 5.54 Å². The van der Waals surface area contributed by atoms with E-state index in [9.17, 15) is 0 Å². The fraction of sp³-hybridized carbons (Fsp3) is 0.769. The summed E-state index contributed by atoms with van der Waals surface area (Å²) in [6.45, 7) is 11.2. The summed E-state index contributed by atoms with van der Waals surface area (Å²) in [5, 5.41) is 6.87. The van der Waals surface area contributed by atoms with Gasteiger partial charge >= 0.3 is 0 Å². The van der Waals surface area contributed by atoms with E-state index in [0.717, 1.165) is 5.92 Å². The van der Waals surface area contributed by atoms with Gasteiger partial charge in [0.05, 0.1) is 5.54 Å². The molecule has 0 bridgehead atoms. The van der Waals surface area contributed by atoms with Gasteiger partial charge in [0.15, 0.2) is 0 Å². The fourth-order valence-electron chi connectivity index (χ4n) is 1.87. The van der Waals surface area contributed by atoms with Crippen LogP contribution in [0.25, 0.3) is 0 Å². The van der Waals surface area contributed by atoms with Crippen molar-refractivity contribution in [3.63, 3.8) is 0 Å². The average Bonchev–Trinajstić information content (AvgIpc) is 2.67. The predicted molar refractivity (Wildman–Crippen MR) is 71.8 cm³/mol. The molecule has 0 radical (unpaired) electrons. The Kier molecular flexibility index (Phi) is 4.93. The van der Waals surface area contributed by atoms with Crippen molar-refractivity contribution >= 4 is 11.3 Å². The number of rotatable bonds is 6. The molecular formula is C13H24N2S. The third kappa shape index (κ3) is 4.22. The first-order chi connectivity index (χ1) is 7.42. The van der Waals surface area contributed by atoms with Gasteiger partial charge in [-0.15, -0.1) is 11.3 Å². The van der Waals surface area contributed by atoms with Crippen molar-refractivity contribution in [2.45, 2.75) is 59.0 Å². The van der Waals surface area contributed by atoms with Crippen molar-refractivity contribution in [2.24, 2.45) is 5.92 Å². The zero-order valence-corrected chi connectivity index (χ0v) is 11.9. The number of thiazole rings is 1. The van der Waals surface area contributed by atoms with Crippen molar-refractivity contribution in [1.29, 1.82) is 0 Å². The van der Waals surface area contributed by atoms with Crippen LogP contribution in [0.1, 0.15) is 52.5 Å². The van der Waals surface area contributed by atoms with Crippen molar-refractivity contribution in [2.75, 3.05) is 0 Å². The molecule has 1 rings (SSSR count). The molecule has 0 saturated heterocycles. The van der Waals surface area contributed by atoms with E-state index in [2.05, 4.69) is 44.9 Å². The topological polar surface area (TPSA) is 24.9 Å². The first-order valence-corrected chi connectivity index (χ1v) is 6.97. The quantitative estimate of drug-likeness (QED) is 0.818. The van der Waals surface area contributed by atoms with Gasteiger partial charge in [0.2, 0.25) is 0 Å². The van der Waals surface area contributed by atoms with E-state index >= 15 is 0 Å². The van der Waals surface area contributed by atoms with Gasteiger partial charge in [-0.05, 0) is 39.5 Å². The highest BCUT2D eigenvalue weighted by Crippen LogP contribution is 2.23. The number of aromatic nitrogens is 1. The molecule has 1 heterocycles. The number of nitrogens with one attached hydrogen (secondary N) is 1. The minimum Gasteiger partial charge on any atom is -0.303 e. The molecule has 1 aromatic heterocycles. The molecule has 0 amide bonds. The summed E-state index contributed by atoms with van der Waals surface area (Å²) in [6.07, 6.45) is 4.39. The van der Waals surface area contributed by atoms with Crippen molar-refractivity contribution in [3.05, 3.63) is 16.6 Å². The van der Waals surface area contributed by atoms with Crippen LogP contribution in [0, 0.1) is 5.92 Å². The molecule has 1 atom stereocenters. The van der Waals surface area contributed by atoms with Gasteiger partial charge < -0.3 is 5.32 Å². The third-order valence-electron chi connectivity index (χ3n) is 2.75. The SMILES string of the molecule is CC(C)CCC(C)NC(C)(C)c1nccs1. The first-order valence-electron chi connectivity index (χ1n) is 6.09. The standard InChI is InChI=1S/C13H24N2S/c1-10(2)6-7-11(3)15-13(4,5)12-14-8-9-16-12/h8-11,15H,6-7H2,1-5H3. The maximum Gasteiger partial charge on any atom is 0.112 e. The number of hydrogen-bond acceptors (Lipinski definition) is 3. The Morgan fingerprint density at radius 3 is 2.50 bits per heavy atom. The minimum atomic E-state index is -0.00936. The molecule has 0 saturated carbocycles. The second-order valence-electron chi connectivity index (χ2n) is 5.48. The van der Waals surface area contributed by atoms with E-state index in [4.69, 9.17) is 0 Å². The summed E-state index contributed by atoms with van der Waals surface area (Å²) >= 11 is 1.72. The van der Waals surface area contributed by atoms with Crippen LogP contribution in [0.4, 0.5) is 0 Å². The Labute approximate surface area is 103 Å². The third-order valence-corrected chi connectivity index (χ3v) is 3.85. The second-order valence-corrected chi connectivity index (χ2v) is 6.37. The van der Waals surface area contributed by atoms with Crippen LogP contribution in [0.15, 0.2) is 11.6 Å². The lowest BCUT2D eigenvalue weighted by Crippen LogP contribution is -2.42. The lowest BCUT2D eigenvalue weighted by atomic mass is 10.0. The van der Waals surface area contributed by atoms with E-state index in [1.165, 1.54) is 17.8 Å². The predicted octanol–water partition coefficient (Wildman–Crippen LogP) is 3.79. The van der Waals surface area contributed by atoms with E-state index in [1.54, 1.807) is 11.3 Å². The monoisotopic (exact) mass is 240 g/mol. The molecule has 16 heavy (non-hydrogen) atoms. The Morgan fingerprint density at radius 1 is 1.31 bits per heavy atom. The van der Waals surface area contributed by atoms with Gasteiger partial charge in [-0.25, -0.2) is 4.98 Å². The van der Waals surface area contributed by atoms with Crippen LogP contribution in [0.5, 0.6) is 0 Å². The molecule has 1 N–H and O–H groups in total. The van der Waals surface area contributed by atoms with E-state index < -0.39 is 0 Å². The summed E-state index contributed by atoms with van der Waals surface area (Å²) in [6, 6.07) is 0.543. The second kappa shape index (κ2) is 5.78. The normalized spacial score (nSPS) is 14.4. The lowest BCUT2D eigenvalue weighted by molar-refractivity contribution is 0.327. The maximum atomic E-state index is 4.39. The van der Waals surface area contributed by atoms with Gasteiger partial charge in [0, 0.05) is 17.6 Å². The Bertz CT molecular complexity index is 291. The summed E-state index contributed by atoms with van der Waals surface area (Å²) in [7, 11) is 0. The summed E-state index contributed by atoms with van der Waals surface area (Å²) in [4.78, 5) is 4.39. The number of nitrogens with zero attached hydrogens (tertiary/aromatic N) is 1. The van der Waals surface area contributed by atoms with Gasteiger partial charge in [0.1, 0.15) is 5.01 Å². The molecule has 0 aliphatic carbocycles. The van der Waals surface area contributed by atoms with Gasteiger partial charge in [-0.3, -0.25) is 0 Å². The molecule has 3 heteroatoms. The Hall–Kier alpha value is -0.410. The molecular weight excluding hydrogens is 216 g/mol. The van der Waals surface area contributed by atoms with Crippen LogP contribution in [-0.4, -0.2) is 11.0 Å². The largest absolute Gasteiger partial charge is 0.303 e. The van der Waals surface area contributed by atoms with E-state index in [1.807, 2.05) is 11.6 Å². The fourth-order valence-corrected chi connectivity index (χ4v) is 2.59. The van der Waals surface area contributed by atoms with Crippen LogP contribution in [0.3, 0.4) is 0 Å².